The second-order valence-corrected chi connectivity index (χ2v) is 4.17. The van der Waals surface area contributed by atoms with Crippen molar-refractivity contribution in [1.82, 2.24) is 10.2 Å². The van der Waals surface area contributed by atoms with Gasteiger partial charge >= 0.3 is 0 Å². The molecule has 0 saturated heterocycles. The molecule has 0 unspecified atom stereocenters. The summed E-state index contributed by atoms with van der Waals surface area (Å²) < 4.78 is 39.2. The normalized spacial score (nSPS) is 10.6. The lowest BCUT2D eigenvalue weighted by atomic mass is 10.2. The zero-order valence-corrected chi connectivity index (χ0v) is 9.61. The Bertz CT molecular complexity index is 542. The molecule has 0 bridgehead atoms. The third-order valence-electron chi connectivity index (χ3n) is 1.99. The van der Waals surface area contributed by atoms with Crippen LogP contribution in [0.1, 0.15) is 6.92 Å². The molecule has 1 N–H and O–H groups in total. The van der Waals surface area contributed by atoms with Crippen LogP contribution in [-0.2, 0) is 0 Å². The van der Waals surface area contributed by atoms with E-state index in [1.807, 2.05) is 6.92 Å². The van der Waals surface area contributed by atoms with Crippen molar-refractivity contribution in [3.05, 3.63) is 29.6 Å². The zero-order valence-electron chi connectivity index (χ0n) is 8.80. The average molecular weight is 259 g/mol. The molecule has 90 valence electrons. The summed E-state index contributed by atoms with van der Waals surface area (Å²) in [6, 6.07) is 1.28. The third-order valence-corrected chi connectivity index (χ3v) is 2.91. The fraction of sp³-hybridized carbons (Fsp3) is 0.200. The lowest BCUT2D eigenvalue weighted by Gasteiger charge is -1.99. The molecule has 0 spiro atoms. The summed E-state index contributed by atoms with van der Waals surface area (Å²) in [4.78, 5) is 0. The van der Waals surface area contributed by atoms with Crippen LogP contribution in [0.25, 0.3) is 10.6 Å². The zero-order chi connectivity index (χ0) is 12.4. The molecule has 1 heterocycles. The summed E-state index contributed by atoms with van der Waals surface area (Å²) in [5, 5.41) is 11.1. The molecule has 0 aliphatic heterocycles. The first kappa shape index (κ1) is 11.8. The van der Waals surface area contributed by atoms with Crippen LogP contribution in [-0.4, -0.2) is 16.7 Å². The van der Waals surface area contributed by atoms with Crippen molar-refractivity contribution in [3.8, 4) is 10.6 Å². The number of aromatic nitrogens is 2. The van der Waals surface area contributed by atoms with E-state index in [1.165, 1.54) is 0 Å². The molecule has 2 rings (SSSR count). The van der Waals surface area contributed by atoms with Gasteiger partial charge in [0.15, 0.2) is 16.6 Å². The molecular formula is C10H8F3N3S. The molecule has 0 aliphatic carbocycles. The number of nitrogens with zero attached hydrogens (tertiary/aromatic N) is 2. The molecule has 17 heavy (non-hydrogen) atoms. The minimum atomic E-state index is -1.22. The Morgan fingerprint density at radius 2 is 1.82 bits per heavy atom. The van der Waals surface area contributed by atoms with E-state index in [9.17, 15) is 13.2 Å². The molecular weight excluding hydrogens is 251 g/mol. The first-order valence-electron chi connectivity index (χ1n) is 4.84. The quantitative estimate of drug-likeness (QED) is 0.861. The van der Waals surface area contributed by atoms with E-state index < -0.39 is 17.5 Å². The van der Waals surface area contributed by atoms with Crippen molar-refractivity contribution in [2.45, 2.75) is 6.92 Å². The van der Waals surface area contributed by atoms with Gasteiger partial charge in [0.1, 0.15) is 5.82 Å². The van der Waals surface area contributed by atoms with E-state index in [2.05, 4.69) is 15.5 Å². The highest BCUT2D eigenvalue weighted by Gasteiger charge is 2.15. The number of nitrogens with one attached hydrogen (secondary N) is 1. The van der Waals surface area contributed by atoms with Crippen LogP contribution in [0.4, 0.5) is 18.3 Å². The number of rotatable bonds is 3. The molecule has 0 saturated carbocycles. The van der Waals surface area contributed by atoms with Gasteiger partial charge in [-0.2, -0.15) is 0 Å². The molecule has 1 aromatic heterocycles. The fourth-order valence-electron chi connectivity index (χ4n) is 1.24. The van der Waals surface area contributed by atoms with Crippen LogP contribution in [0.3, 0.4) is 0 Å². The highest BCUT2D eigenvalue weighted by Crippen LogP contribution is 2.29. The Balaban J connectivity index is 2.41. The van der Waals surface area contributed by atoms with Crippen molar-refractivity contribution < 1.29 is 13.2 Å². The maximum atomic E-state index is 13.4. The van der Waals surface area contributed by atoms with Crippen molar-refractivity contribution in [2.75, 3.05) is 11.9 Å². The lowest BCUT2D eigenvalue weighted by molar-refractivity contribution is 0.496. The minimum absolute atomic E-state index is 0.0921. The van der Waals surface area contributed by atoms with E-state index >= 15 is 0 Å². The van der Waals surface area contributed by atoms with Crippen molar-refractivity contribution in [3.63, 3.8) is 0 Å². The Labute approximate surface area is 99.3 Å². The van der Waals surface area contributed by atoms with Crippen LogP contribution < -0.4 is 5.32 Å². The van der Waals surface area contributed by atoms with Crippen LogP contribution in [0, 0.1) is 17.5 Å². The van der Waals surface area contributed by atoms with E-state index in [-0.39, 0.29) is 10.6 Å². The third kappa shape index (κ3) is 2.38. The number of benzene rings is 1. The van der Waals surface area contributed by atoms with Gasteiger partial charge in [0.05, 0.1) is 5.56 Å². The highest BCUT2D eigenvalue weighted by molar-refractivity contribution is 7.18. The van der Waals surface area contributed by atoms with E-state index in [0.717, 1.165) is 17.4 Å². The first-order chi connectivity index (χ1) is 8.11. The van der Waals surface area contributed by atoms with Gasteiger partial charge in [0.25, 0.3) is 0 Å². The van der Waals surface area contributed by atoms with Crippen molar-refractivity contribution in [2.24, 2.45) is 0 Å². The summed E-state index contributed by atoms with van der Waals surface area (Å²) in [6.07, 6.45) is 0. The SMILES string of the molecule is CCNc1nnc(-c2cc(F)c(F)cc2F)s1. The number of hydrogen-bond donors (Lipinski definition) is 1. The van der Waals surface area contributed by atoms with Crippen LogP contribution >= 0.6 is 11.3 Å². The summed E-state index contributed by atoms with van der Waals surface area (Å²) in [6.45, 7) is 2.52. The minimum Gasteiger partial charge on any atom is -0.360 e. The van der Waals surface area contributed by atoms with Gasteiger partial charge in [-0.05, 0) is 13.0 Å². The van der Waals surface area contributed by atoms with Gasteiger partial charge in [-0.3, -0.25) is 0 Å². The average Bonchev–Trinajstić information content (AvgIpc) is 2.72. The van der Waals surface area contributed by atoms with E-state index in [4.69, 9.17) is 0 Å². The van der Waals surface area contributed by atoms with Crippen LogP contribution in [0.15, 0.2) is 12.1 Å². The molecule has 0 aliphatic rings. The maximum Gasteiger partial charge on any atom is 0.205 e. The molecule has 1 aromatic carbocycles. The Morgan fingerprint density at radius 1 is 1.12 bits per heavy atom. The Hall–Kier alpha value is -1.63. The summed E-state index contributed by atoms with van der Waals surface area (Å²) in [7, 11) is 0. The highest BCUT2D eigenvalue weighted by atomic mass is 32.1. The molecule has 0 amide bonds. The summed E-state index contributed by atoms with van der Waals surface area (Å²) in [5.41, 5.74) is -0.0921. The lowest BCUT2D eigenvalue weighted by Crippen LogP contribution is -1.94. The van der Waals surface area contributed by atoms with Crippen LogP contribution in [0.2, 0.25) is 0 Å². The second kappa shape index (κ2) is 4.70. The molecule has 0 fully saturated rings. The monoisotopic (exact) mass is 259 g/mol. The van der Waals surface area contributed by atoms with E-state index in [0.29, 0.717) is 17.7 Å². The van der Waals surface area contributed by atoms with Gasteiger partial charge in [-0.25, -0.2) is 13.2 Å². The first-order valence-corrected chi connectivity index (χ1v) is 5.65. The fourth-order valence-corrected chi connectivity index (χ4v) is 2.07. The van der Waals surface area contributed by atoms with Crippen molar-refractivity contribution >= 4 is 16.5 Å². The Kier molecular flexibility index (Phi) is 3.28. The van der Waals surface area contributed by atoms with Gasteiger partial charge in [0.2, 0.25) is 5.13 Å². The molecule has 2 aromatic rings. The van der Waals surface area contributed by atoms with Gasteiger partial charge in [-0.15, -0.1) is 10.2 Å². The van der Waals surface area contributed by atoms with Crippen LogP contribution in [0.5, 0.6) is 0 Å². The summed E-state index contributed by atoms with van der Waals surface area (Å²) >= 11 is 1.08. The largest absolute Gasteiger partial charge is 0.360 e. The summed E-state index contributed by atoms with van der Waals surface area (Å²) in [5.74, 6) is -3.19. The predicted molar refractivity (Wildman–Crippen MR) is 59.4 cm³/mol. The topological polar surface area (TPSA) is 37.8 Å². The molecule has 0 atom stereocenters. The molecule has 0 radical (unpaired) electrons. The Morgan fingerprint density at radius 3 is 2.53 bits per heavy atom. The van der Waals surface area contributed by atoms with Gasteiger partial charge in [-0.1, -0.05) is 11.3 Å². The predicted octanol–water partition coefficient (Wildman–Crippen LogP) is 3.05. The molecule has 7 heteroatoms. The maximum absolute atomic E-state index is 13.4. The number of hydrogen-bond acceptors (Lipinski definition) is 4. The second-order valence-electron chi connectivity index (χ2n) is 3.19. The van der Waals surface area contributed by atoms with Gasteiger partial charge < -0.3 is 5.32 Å². The van der Waals surface area contributed by atoms with Gasteiger partial charge in [0, 0.05) is 12.6 Å². The van der Waals surface area contributed by atoms with Crippen molar-refractivity contribution in [1.29, 1.82) is 0 Å². The number of halogens is 3. The molecule has 3 nitrogen and oxygen atoms in total. The van der Waals surface area contributed by atoms with E-state index in [1.54, 1.807) is 0 Å². The smallest absolute Gasteiger partial charge is 0.205 e. The standard InChI is InChI=1S/C10H8F3N3S/c1-2-14-10-16-15-9(17-10)5-3-7(12)8(13)4-6(5)11/h3-4H,2H2,1H3,(H,14,16). The number of anilines is 1.